The zero-order chi connectivity index (χ0) is 15.5. The molecule has 0 atom stereocenters. The number of amides is 1. The van der Waals surface area contributed by atoms with Gasteiger partial charge in [0.2, 0.25) is 11.9 Å². The highest BCUT2D eigenvalue weighted by molar-refractivity contribution is 6.30. The van der Waals surface area contributed by atoms with E-state index in [1.54, 1.807) is 6.20 Å². The van der Waals surface area contributed by atoms with Gasteiger partial charge < -0.3 is 9.80 Å². The van der Waals surface area contributed by atoms with Crippen LogP contribution in [0.1, 0.15) is 11.3 Å². The summed E-state index contributed by atoms with van der Waals surface area (Å²) in [6.45, 7) is 4.25. The van der Waals surface area contributed by atoms with Crippen LogP contribution in [0.25, 0.3) is 0 Å². The highest BCUT2D eigenvalue weighted by atomic mass is 35.5. The number of halogens is 1. The fourth-order valence-corrected chi connectivity index (χ4v) is 2.57. The summed E-state index contributed by atoms with van der Waals surface area (Å²) in [7, 11) is 0. The first kappa shape index (κ1) is 14.8. The van der Waals surface area contributed by atoms with Gasteiger partial charge in [0.15, 0.2) is 0 Å². The predicted molar refractivity (Wildman–Crippen MR) is 85.9 cm³/mol. The molecule has 114 valence electrons. The Morgan fingerprint density at radius 2 is 1.95 bits per heavy atom. The zero-order valence-corrected chi connectivity index (χ0v) is 13.1. The average Bonchev–Trinajstić information content (AvgIpc) is 2.51. The molecule has 0 N–H and O–H groups in total. The highest BCUT2D eigenvalue weighted by Gasteiger charge is 2.25. The number of aryl methyl sites for hydroxylation is 1. The third kappa shape index (κ3) is 3.36. The molecule has 0 spiro atoms. The molecule has 1 aromatic carbocycles. The number of anilines is 1. The summed E-state index contributed by atoms with van der Waals surface area (Å²) in [4.78, 5) is 24.7. The Kier molecular flexibility index (Phi) is 4.24. The zero-order valence-electron chi connectivity index (χ0n) is 12.4. The topological polar surface area (TPSA) is 49.3 Å². The van der Waals surface area contributed by atoms with Gasteiger partial charge in [0.25, 0.3) is 0 Å². The minimum atomic E-state index is 0.0892. The number of carbonyl (C=O) groups is 1. The number of hydrogen-bond donors (Lipinski definition) is 0. The number of piperazine rings is 1. The minimum absolute atomic E-state index is 0.0892. The van der Waals surface area contributed by atoms with Crippen LogP contribution in [0.3, 0.4) is 0 Å². The van der Waals surface area contributed by atoms with E-state index >= 15 is 0 Å². The van der Waals surface area contributed by atoms with E-state index in [-0.39, 0.29) is 5.91 Å². The maximum Gasteiger partial charge on any atom is 0.242 e. The molecule has 1 saturated heterocycles. The van der Waals surface area contributed by atoms with Crippen molar-refractivity contribution < 1.29 is 4.79 Å². The van der Waals surface area contributed by atoms with E-state index in [0.717, 1.165) is 17.8 Å². The van der Waals surface area contributed by atoms with Crippen LogP contribution in [0.4, 0.5) is 5.95 Å². The number of hydrogen-bond acceptors (Lipinski definition) is 4. The van der Waals surface area contributed by atoms with Crippen molar-refractivity contribution in [3.8, 4) is 0 Å². The molecule has 0 saturated carbocycles. The van der Waals surface area contributed by atoms with Crippen LogP contribution < -0.4 is 4.90 Å². The van der Waals surface area contributed by atoms with Crippen LogP contribution in [-0.4, -0.2) is 40.4 Å². The molecular weight excluding hydrogens is 300 g/mol. The van der Waals surface area contributed by atoms with E-state index in [2.05, 4.69) is 9.97 Å². The number of benzene rings is 1. The molecule has 0 bridgehead atoms. The fourth-order valence-electron chi connectivity index (χ4n) is 2.44. The SMILES string of the molecule is Cc1ccnc(N2CCN(Cc3ccc(Cl)cc3)C(=O)C2)n1. The predicted octanol–water partition coefficient (Wildman–Crippen LogP) is 2.29. The van der Waals surface area contributed by atoms with Crippen LogP contribution in [0.15, 0.2) is 36.5 Å². The lowest BCUT2D eigenvalue weighted by Crippen LogP contribution is -2.50. The van der Waals surface area contributed by atoms with Crippen LogP contribution in [0.5, 0.6) is 0 Å². The normalized spacial score (nSPS) is 15.3. The highest BCUT2D eigenvalue weighted by Crippen LogP contribution is 2.15. The van der Waals surface area contributed by atoms with Crippen LogP contribution in [-0.2, 0) is 11.3 Å². The standard InChI is InChI=1S/C16H17ClN4O/c1-12-6-7-18-16(19-12)21-9-8-20(15(22)11-21)10-13-2-4-14(17)5-3-13/h2-7H,8-11H2,1H3. The quantitative estimate of drug-likeness (QED) is 0.872. The second-order valence-corrected chi connectivity index (χ2v) is 5.80. The molecule has 1 amide bonds. The Labute approximate surface area is 134 Å². The monoisotopic (exact) mass is 316 g/mol. The molecule has 0 aliphatic carbocycles. The molecule has 22 heavy (non-hydrogen) atoms. The number of carbonyl (C=O) groups excluding carboxylic acids is 1. The number of nitrogens with zero attached hydrogens (tertiary/aromatic N) is 4. The van der Waals surface area contributed by atoms with Gasteiger partial charge in [-0.3, -0.25) is 4.79 Å². The van der Waals surface area contributed by atoms with Gasteiger partial charge in [-0.25, -0.2) is 9.97 Å². The molecule has 5 nitrogen and oxygen atoms in total. The van der Waals surface area contributed by atoms with E-state index < -0.39 is 0 Å². The smallest absolute Gasteiger partial charge is 0.242 e. The molecule has 1 aliphatic heterocycles. The average molecular weight is 317 g/mol. The first-order valence-electron chi connectivity index (χ1n) is 7.18. The molecular formula is C16H17ClN4O. The molecule has 1 fully saturated rings. The van der Waals surface area contributed by atoms with Gasteiger partial charge in [0.1, 0.15) is 6.54 Å². The number of aromatic nitrogens is 2. The van der Waals surface area contributed by atoms with Crippen LogP contribution >= 0.6 is 11.6 Å². The largest absolute Gasteiger partial charge is 0.335 e. The summed E-state index contributed by atoms with van der Waals surface area (Å²) < 4.78 is 0. The van der Waals surface area contributed by atoms with Crippen LogP contribution in [0, 0.1) is 6.92 Å². The second-order valence-electron chi connectivity index (χ2n) is 5.36. The summed E-state index contributed by atoms with van der Waals surface area (Å²) >= 11 is 5.88. The van der Waals surface area contributed by atoms with E-state index in [4.69, 9.17) is 11.6 Å². The molecule has 0 unspecified atom stereocenters. The minimum Gasteiger partial charge on any atom is -0.335 e. The molecule has 1 aromatic heterocycles. The second kappa shape index (κ2) is 6.32. The Morgan fingerprint density at radius 3 is 2.64 bits per heavy atom. The summed E-state index contributed by atoms with van der Waals surface area (Å²) in [5.41, 5.74) is 1.99. The third-order valence-electron chi connectivity index (χ3n) is 3.67. The summed E-state index contributed by atoms with van der Waals surface area (Å²) in [5.74, 6) is 0.714. The van der Waals surface area contributed by atoms with Crippen molar-refractivity contribution in [1.29, 1.82) is 0 Å². The van der Waals surface area contributed by atoms with E-state index in [0.29, 0.717) is 30.6 Å². The van der Waals surface area contributed by atoms with Crippen molar-refractivity contribution in [2.24, 2.45) is 0 Å². The van der Waals surface area contributed by atoms with E-state index in [1.807, 2.05) is 47.1 Å². The van der Waals surface area contributed by atoms with Crippen molar-refractivity contribution in [2.45, 2.75) is 13.5 Å². The Balaban J connectivity index is 1.65. The molecule has 3 rings (SSSR count). The first-order valence-corrected chi connectivity index (χ1v) is 7.56. The molecule has 6 heteroatoms. The van der Waals surface area contributed by atoms with Crippen molar-refractivity contribution in [3.63, 3.8) is 0 Å². The molecule has 2 aromatic rings. The first-order chi connectivity index (χ1) is 10.6. The van der Waals surface area contributed by atoms with Gasteiger partial charge in [-0.15, -0.1) is 0 Å². The van der Waals surface area contributed by atoms with Gasteiger partial charge in [0, 0.05) is 36.5 Å². The lowest BCUT2D eigenvalue weighted by molar-refractivity contribution is -0.131. The fraction of sp³-hybridized carbons (Fsp3) is 0.312. The Bertz CT molecular complexity index is 674. The summed E-state index contributed by atoms with van der Waals surface area (Å²) in [6, 6.07) is 9.44. The lowest BCUT2D eigenvalue weighted by atomic mass is 10.2. The Morgan fingerprint density at radius 1 is 1.18 bits per heavy atom. The number of rotatable bonds is 3. The van der Waals surface area contributed by atoms with Gasteiger partial charge in [-0.05, 0) is 30.7 Å². The van der Waals surface area contributed by atoms with Gasteiger partial charge in [-0.2, -0.15) is 0 Å². The van der Waals surface area contributed by atoms with E-state index in [1.165, 1.54) is 0 Å². The van der Waals surface area contributed by atoms with Crippen molar-refractivity contribution in [1.82, 2.24) is 14.9 Å². The molecule has 1 aliphatic rings. The maximum atomic E-state index is 12.3. The van der Waals surface area contributed by atoms with Crippen molar-refractivity contribution in [2.75, 3.05) is 24.5 Å². The van der Waals surface area contributed by atoms with Crippen molar-refractivity contribution >= 4 is 23.5 Å². The van der Waals surface area contributed by atoms with E-state index in [9.17, 15) is 4.79 Å². The Hall–Kier alpha value is -2.14. The van der Waals surface area contributed by atoms with Crippen molar-refractivity contribution in [3.05, 3.63) is 52.8 Å². The van der Waals surface area contributed by atoms with Gasteiger partial charge in [-0.1, -0.05) is 23.7 Å². The molecule has 0 radical (unpaired) electrons. The summed E-state index contributed by atoms with van der Waals surface area (Å²) in [6.07, 6.45) is 1.72. The lowest BCUT2D eigenvalue weighted by Gasteiger charge is -2.34. The van der Waals surface area contributed by atoms with Gasteiger partial charge in [0.05, 0.1) is 0 Å². The van der Waals surface area contributed by atoms with Crippen LogP contribution in [0.2, 0.25) is 5.02 Å². The summed E-state index contributed by atoms with van der Waals surface area (Å²) in [5, 5.41) is 0.705. The third-order valence-corrected chi connectivity index (χ3v) is 3.92. The maximum absolute atomic E-state index is 12.3. The molecule has 2 heterocycles. The van der Waals surface area contributed by atoms with Gasteiger partial charge >= 0.3 is 0 Å².